The molecule has 0 spiro atoms. The second-order valence-electron chi connectivity index (χ2n) is 3.91. The minimum Gasteiger partial charge on any atom is -0.321 e. The molecular formula is C10H12N2O2. The molecule has 1 fully saturated rings. The van der Waals surface area contributed by atoms with Gasteiger partial charge in [-0.15, -0.1) is 0 Å². The number of non-ortho nitro benzene ring substituents is 1. The molecule has 0 atom stereocenters. The molecule has 0 radical (unpaired) electrons. The maximum atomic E-state index is 10.6. The third-order valence-corrected chi connectivity index (χ3v) is 2.76. The van der Waals surface area contributed by atoms with Crippen LogP contribution in [0.15, 0.2) is 18.2 Å². The first-order valence-electron chi connectivity index (χ1n) is 4.57. The van der Waals surface area contributed by atoms with Crippen molar-refractivity contribution in [1.82, 2.24) is 0 Å². The Hall–Kier alpha value is -1.42. The third kappa shape index (κ3) is 1.37. The lowest BCUT2D eigenvalue weighted by molar-refractivity contribution is -0.385. The van der Waals surface area contributed by atoms with Crippen LogP contribution in [0.1, 0.15) is 24.0 Å². The van der Waals surface area contributed by atoms with E-state index in [1.807, 2.05) is 6.92 Å². The summed E-state index contributed by atoms with van der Waals surface area (Å²) in [6.45, 7) is 1.94. The van der Waals surface area contributed by atoms with Gasteiger partial charge in [-0.05, 0) is 30.9 Å². The number of nitrogens with zero attached hydrogens (tertiary/aromatic N) is 1. The summed E-state index contributed by atoms with van der Waals surface area (Å²) >= 11 is 0. The fourth-order valence-corrected chi connectivity index (χ4v) is 1.66. The quantitative estimate of drug-likeness (QED) is 0.574. The van der Waals surface area contributed by atoms with Crippen LogP contribution in [0, 0.1) is 17.0 Å². The van der Waals surface area contributed by atoms with E-state index in [0.29, 0.717) is 0 Å². The lowest BCUT2D eigenvalue weighted by Gasteiger charge is -2.11. The van der Waals surface area contributed by atoms with Crippen LogP contribution in [0.5, 0.6) is 0 Å². The van der Waals surface area contributed by atoms with Crippen molar-refractivity contribution >= 4 is 5.69 Å². The van der Waals surface area contributed by atoms with Crippen molar-refractivity contribution in [3.8, 4) is 0 Å². The molecule has 0 aliphatic heterocycles. The fraction of sp³-hybridized carbons (Fsp3) is 0.400. The van der Waals surface area contributed by atoms with E-state index in [0.717, 1.165) is 24.0 Å². The van der Waals surface area contributed by atoms with Crippen LogP contribution in [0.3, 0.4) is 0 Å². The van der Waals surface area contributed by atoms with E-state index in [9.17, 15) is 10.1 Å². The highest BCUT2D eigenvalue weighted by Crippen LogP contribution is 2.44. The van der Waals surface area contributed by atoms with Gasteiger partial charge >= 0.3 is 0 Å². The molecule has 1 aliphatic rings. The summed E-state index contributed by atoms with van der Waals surface area (Å²) in [7, 11) is 0. The molecule has 0 heterocycles. The zero-order valence-corrected chi connectivity index (χ0v) is 7.99. The molecule has 0 saturated heterocycles. The Kier molecular flexibility index (Phi) is 1.82. The maximum Gasteiger partial charge on any atom is 0.269 e. The smallest absolute Gasteiger partial charge is 0.269 e. The number of aryl methyl sites for hydroxylation is 1. The summed E-state index contributed by atoms with van der Waals surface area (Å²) in [5.41, 5.74) is 7.81. The number of hydrogen-bond donors (Lipinski definition) is 1. The molecule has 0 unspecified atom stereocenters. The predicted molar refractivity (Wildman–Crippen MR) is 52.9 cm³/mol. The van der Waals surface area contributed by atoms with Gasteiger partial charge in [0.2, 0.25) is 0 Å². The minimum atomic E-state index is -0.380. The van der Waals surface area contributed by atoms with Gasteiger partial charge in [-0.25, -0.2) is 0 Å². The molecule has 2 N–H and O–H groups in total. The van der Waals surface area contributed by atoms with Crippen LogP contribution in [0.2, 0.25) is 0 Å². The summed E-state index contributed by atoms with van der Waals surface area (Å²) in [6, 6.07) is 4.88. The van der Waals surface area contributed by atoms with E-state index in [1.165, 1.54) is 6.07 Å². The monoisotopic (exact) mass is 192 g/mol. The lowest BCUT2D eigenvalue weighted by atomic mass is 9.99. The molecule has 74 valence electrons. The van der Waals surface area contributed by atoms with Gasteiger partial charge in [-0.1, -0.05) is 6.07 Å². The van der Waals surface area contributed by atoms with Crippen LogP contribution in [0.25, 0.3) is 0 Å². The Bertz CT molecular complexity index is 397. The highest BCUT2D eigenvalue weighted by molar-refractivity contribution is 5.45. The predicted octanol–water partition coefficient (Wildman–Crippen LogP) is 1.85. The lowest BCUT2D eigenvalue weighted by Crippen LogP contribution is -2.20. The molecular weight excluding hydrogens is 180 g/mol. The molecule has 14 heavy (non-hydrogen) atoms. The molecule has 1 aliphatic carbocycles. The van der Waals surface area contributed by atoms with Crippen molar-refractivity contribution in [1.29, 1.82) is 0 Å². The van der Waals surface area contributed by atoms with E-state index >= 15 is 0 Å². The van der Waals surface area contributed by atoms with Gasteiger partial charge < -0.3 is 5.73 Å². The molecule has 1 aromatic carbocycles. The van der Waals surface area contributed by atoms with Crippen molar-refractivity contribution < 1.29 is 4.92 Å². The number of hydrogen-bond acceptors (Lipinski definition) is 3. The number of rotatable bonds is 2. The highest BCUT2D eigenvalue weighted by Gasteiger charge is 2.41. The molecule has 1 saturated carbocycles. The Morgan fingerprint density at radius 1 is 1.50 bits per heavy atom. The first-order chi connectivity index (χ1) is 6.53. The number of nitrogens with two attached hydrogens (primary N) is 1. The van der Waals surface area contributed by atoms with Gasteiger partial charge in [0.25, 0.3) is 5.69 Å². The molecule has 4 heteroatoms. The second kappa shape index (κ2) is 2.78. The summed E-state index contributed by atoms with van der Waals surface area (Å²) in [6.07, 6.45) is 1.85. The van der Waals surface area contributed by atoms with Gasteiger partial charge in [-0.2, -0.15) is 0 Å². The van der Waals surface area contributed by atoms with Gasteiger partial charge in [0.1, 0.15) is 0 Å². The Balaban J connectivity index is 2.48. The molecule has 4 nitrogen and oxygen atoms in total. The highest BCUT2D eigenvalue weighted by atomic mass is 16.6. The summed E-state index contributed by atoms with van der Waals surface area (Å²) in [4.78, 5) is 10.2. The zero-order chi connectivity index (χ0) is 10.3. The topological polar surface area (TPSA) is 69.2 Å². The van der Waals surface area contributed by atoms with Crippen LogP contribution in [-0.2, 0) is 5.54 Å². The average molecular weight is 192 g/mol. The summed E-state index contributed by atoms with van der Waals surface area (Å²) in [5, 5.41) is 10.6. The second-order valence-corrected chi connectivity index (χ2v) is 3.91. The maximum absolute atomic E-state index is 10.6. The Morgan fingerprint density at radius 3 is 2.64 bits per heavy atom. The van der Waals surface area contributed by atoms with Gasteiger partial charge in [0, 0.05) is 17.7 Å². The zero-order valence-electron chi connectivity index (χ0n) is 7.99. The van der Waals surface area contributed by atoms with E-state index in [2.05, 4.69) is 0 Å². The number of nitro benzene ring substituents is 1. The molecule has 2 rings (SSSR count). The SMILES string of the molecule is Cc1ccc([N+](=O)[O-])cc1C1(N)CC1. The van der Waals surface area contributed by atoms with Crippen molar-refractivity contribution in [3.63, 3.8) is 0 Å². The first-order valence-corrected chi connectivity index (χ1v) is 4.57. The fourth-order valence-electron chi connectivity index (χ4n) is 1.66. The van der Waals surface area contributed by atoms with Gasteiger partial charge in [0.15, 0.2) is 0 Å². The first kappa shape index (κ1) is 9.15. The molecule has 0 aromatic heterocycles. The third-order valence-electron chi connectivity index (χ3n) is 2.76. The van der Waals surface area contributed by atoms with Crippen LogP contribution >= 0.6 is 0 Å². The number of nitro groups is 1. The average Bonchev–Trinajstić information content (AvgIpc) is 2.85. The van der Waals surface area contributed by atoms with Crippen LogP contribution < -0.4 is 5.73 Å². The normalized spacial score (nSPS) is 17.9. The van der Waals surface area contributed by atoms with E-state index in [-0.39, 0.29) is 16.1 Å². The molecule has 0 amide bonds. The van der Waals surface area contributed by atoms with E-state index in [4.69, 9.17) is 5.73 Å². The van der Waals surface area contributed by atoms with Crippen LogP contribution in [-0.4, -0.2) is 4.92 Å². The van der Waals surface area contributed by atoms with Gasteiger partial charge in [0.05, 0.1) is 4.92 Å². The van der Waals surface area contributed by atoms with Crippen molar-refractivity contribution in [3.05, 3.63) is 39.4 Å². The largest absolute Gasteiger partial charge is 0.321 e. The number of benzene rings is 1. The Morgan fingerprint density at radius 2 is 2.14 bits per heavy atom. The van der Waals surface area contributed by atoms with Crippen molar-refractivity contribution in [2.45, 2.75) is 25.3 Å². The standard InChI is InChI=1S/C10H12N2O2/c1-7-2-3-8(12(13)14)6-9(7)10(11)4-5-10/h2-3,6H,4-5,11H2,1H3. The summed E-state index contributed by atoms with van der Waals surface area (Å²) in [5.74, 6) is 0. The van der Waals surface area contributed by atoms with Gasteiger partial charge in [-0.3, -0.25) is 10.1 Å². The van der Waals surface area contributed by atoms with Crippen molar-refractivity contribution in [2.24, 2.45) is 5.73 Å². The van der Waals surface area contributed by atoms with E-state index < -0.39 is 0 Å². The summed E-state index contributed by atoms with van der Waals surface area (Å²) < 4.78 is 0. The Labute approximate surface area is 81.9 Å². The molecule has 0 bridgehead atoms. The van der Waals surface area contributed by atoms with E-state index in [1.54, 1.807) is 12.1 Å². The van der Waals surface area contributed by atoms with Crippen LogP contribution in [0.4, 0.5) is 5.69 Å². The van der Waals surface area contributed by atoms with Crippen molar-refractivity contribution in [2.75, 3.05) is 0 Å². The minimum absolute atomic E-state index is 0.127. The molecule has 1 aromatic rings.